The summed E-state index contributed by atoms with van der Waals surface area (Å²) in [5, 5.41) is 7.67. The Morgan fingerprint density at radius 1 is 1.17 bits per heavy atom. The van der Waals surface area contributed by atoms with E-state index >= 15 is 0 Å². The molecule has 0 aliphatic rings. The van der Waals surface area contributed by atoms with Crippen LogP contribution in [-0.2, 0) is 19.3 Å². The molecular formula is C14H17FN2O. The van der Waals surface area contributed by atoms with Crippen molar-refractivity contribution >= 4 is 0 Å². The number of rotatable bonds is 5. The number of aromatic nitrogens is 2. The van der Waals surface area contributed by atoms with Crippen molar-refractivity contribution in [3.63, 3.8) is 0 Å². The molecule has 0 fully saturated rings. The Labute approximate surface area is 106 Å². The largest absolute Gasteiger partial charge is 0.426 e. The van der Waals surface area contributed by atoms with Gasteiger partial charge < -0.3 is 4.42 Å². The van der Waals surface area contributed by atoms with Crippen molar-refractivity contribution in [3.8, 4) is 0 Å². The second kappa shape index (κ2) is 5.76. The Morgan fingerprint density at radius 2 is 2.00 bits per heavy atom. The summed E-state index contributed by atoms with van der Waals surface area (Å²) in [6, 6.07) is 5.32. The highest BCUT2D eigenvalue weighted by atomic mass is 19.1. The van der Waals surface area contributed by atoms with Crippen molar-refractivity contribution < 1.29 is 8.81 Å². The lowest BCUT2D eigenvalue weighted by Gasteiger charge is -2.05. The third-order valence-corrected chi connectivity index (χ3v) is 2.82. The number of nitrogens with zero attached hydrogens (tertiary/aromatic N) is 2. The molecule has 4 heteroatoms. The summed E-state index contributed by atoms with van der Waals surface area (Å²) in [4.78, 5) is 0. The van der Waals surface area contributed by atoms with E-state index in [1.165, 1.54) is 5.56 Å². The van der Waals surface area contributed by atoms with E-state index < -0.39 is 0 Å². The van der Waals surface area contributed by atoms with E-state index in [9.17, 15) is 4.39 Å². The zero-order valence-corrected chi connectivity index (χ0v) is 10.7. The molecule has 0 radical (unpaired) electrons. The van der Waals surface area contributed by atoms with Crippen molar-refractivity contribution in [1.29, 1.82) is 0 Å². The maximum Gasteiger partial charge on any atom is 0.216 e. The van der Waals surface area contributed by atoms with E-state index in [2.05, 4.69) is 17.1 Å². The monoisotopic (exact) mass is 248 g/mol. The molecule has 2 rings (SSSR count). The lowest BCUT2D eigenvalue weighted by atomic mass is 10.0. The molecular weight excluding hydrogens is 231 g/mol. The fourth-order valence-corrected chi connectivity index (χ4v) is 1.94. The van der Waals surface area contributed by atoms with Crippen molar-refractivity contribution in [2.24, 2.45) is 0 Å². The van der Waals surface area contributed by atoms with Crippen LogP contribution in [0.3, 0.4) is 0 Å². The number of hydrogen-bond donors (Lipinski definition) is 0. The third-order valence-electron chi connectivity index (χ3n) is 2.82. The lowest BCUT2D eigenvalue weighted by Crippen LogP contribution is -1.97. The minimum atomic E-state index is -0.161. The van der Waals surface area contributed by atoms with Gasteiger partial charge in [-0.05, 0) is 30.0 Å². The molecule has 0 spiro atoms. The van der Waals surface area contributed by atoms with E-state index in [1.807, 2.05) is 12.1 Å². The molecule has 2 aromatic rings. The van der Waals surface area contributed by atoms with Gasteiger partial charge in [-0.1, -0.05) is 25.5 Å². The Kier molecular flexibility index (Phi) is 4.07. The molecule has 3 nitrogen and oxygen atoms in total. The molecule has 1 aromatic heterocycles. The summed E-state index contributed by atoms with van der Waals surface area (Å²) in [6.45, 7) is 3.86. The predicted octanol–water partition coefficient (Wildman–Crippen LogP) is 3.25. The molecule has 0 aliphatic carbocycles. The quantitative estimate of drug-likeness (QED) is 0.815. The zero-order chi connectivity index (χ0) is 13.0. The number of halogens is 1. The van der Waals surface area contributed by atoms with E-state index in [0.29, 0.717) is 24.6 Å². The Bertz CT molecular complexity index is 522. The molecule has 0 saturated heterocycles. The van der Waals surface area contributed by atoms with Gasteiger partial charge in [0.2, 0.25) is 11.8 Å². The average molecular weight is 248 g/mol. The first kappa shape index (κ1) is 12.7. The molecule has 18 heavy (non-hydrogen) atoms. The van der Waals surface area contributed by atoms with Crippen LogP contribution in [-0.4, -0.2) is 10.2 Å². The van der Waals surface area contributed by atoms with Crippen LogP contribution in [0, 0.1) is 12.7 Å². The molecule has 0 saturated carbocycles. The van der Waals surface area contributed by atoms with Gasteiger partial charge in [0.05, 0.1) is 0 Å². The molecule has 96 valence electrons. The first-order valence-electron chi connectivity index (χ1n) is 6.25. The summed E-state index contributed by atoms with van der Waals surface area (Å²) >= 11 is 0. The zero-order valence-electron chi connectivity index (χ0n) is 10.7. The molecule has 0 atom stereocenters. The molecule has 1 aromatic carbocycles. The molecule has 0 bridgehead atoms. The van der Waals surface area contributed by atoms with Crippen LogP contribution in [0.2, 0.25) is 0 Å². The minimum Gasteiger partial charge on any atom is -0.426 e. The molecule has 1 heterocycles. The van der Waals surface area contributed by atoms with E-state index in [1.54, 1.807) is 13.0 Å². The fourth-order valence-electron chi connectivity index (χ4n) is 1.94. The summed E-state index contributed by atoms with van der Waals surface area (Å²) < 4.78 is 18.9. The molecule has 0 N–H and O–H groups in total. The Balaban J connectivity index is 2.05. The highest BCUT2D eigenvalue weighted by molar-refractivity contribution is 5.25. The predicted molar refractivity (Wildman–Crippen MR) is 66.8 cm³/mol. The van der Waals surface area contributed by atoms with Gasteiger partial charge in [0.25, 0.3) is 0 Å². The fraction of sp³-hybridized carbons (Fsp3) is 0.429. The van der Waals surface area contributed by atoms with Crippen LogP contribution in [0.15, 0.2) is 22.6 Å². The summed E-state index contributed by atoms with van der Waals surface area (Å²) in [6.07, 6.45) is 3.21. The van der Waals surface area contributed by atoms with Gasteiger partial charge in [-0.2, -0.15) is 0 Å². The second-order valence-electron chi connectivity index (χ2n) is 4.39. The highest BCUT2D eigenvalue weighted by Crippen LogP contribution is 2.14. The number of hydrogen-bond acceptors (Lipinski definition) is 3. The van der Waals surface area contributed by atoms with Gasteiger partial charge in [0.1, 0.15) is 5.82 Å². The first-order valence-corrected chi connectivity index (χ1v) is 6.25. The third kappa shape index (κ3) is 3.15. The van der Waals surface area contributed by atoms with Crippen molar-refractivity contribution in [2.75, 3.05) is 0 Å². The van der Waals surface area contributed by atoms with Gasteiger partial charge in [-0.15, -0.1) is 10.2 Å². The van der Waals surface area contributed by atoms with Crippen molar-refractivity contribution in [2.45, 2.75) is 39.5 Å². The van der Waals surface area contributed by atoms with E-state index in [-0.39, 0.29) is 5.82 Å². The van der Waals surface area contributed by atoms with Gasteiger partial charge in [-0.3, -0.25) is 0 Å². The smallest absolute Gasteiger partial charge is 0.216 e. The Morgan fingerprint density at radius 3 is 2.67 bits per heavy atom. The van der Waals surface area contributed by atoms with Gasteiger partial charge >= 0.3 is 0 Å². The highest BCUT2D eigenvalue weighted by Gasteiger charge is 2.07. The summed E-state index contributed by atoms with van der Waals surface area (Å²) in [5.41, 5.74) is 1.90. The van der Waals surface area contributed by atoms with Crippen molar-refractivity contribution in [1.82, 2.24) is 10.2 Å². The molecule has 0 aliphatic heterocycles. The van der Waals surface area contributed by atoms with Crippen LogP contribution in [0.5, 0.6) is 0 Å². The van der Waals surface area contributed by atoms with Crippen LogP contribution in [0.4, 0.5) is 4.39 Å². The van der Waals surface area contributed by atoms with Crippen LogP contribution in [0.1, 0.15) is 36.3 Å². The van der Waals surface area contributed by atoms with Gasteiger partial charge in [-0.25, -0.2) is 4.39 Å². The molecule has 0 amide bonds. The maximum atomic E-state index is 13.7. The first-order chi connectivity index (χ1) is 8.69. The summed E-state index contributed by atoms with van der Waals surface area (Å²) in [7, 11) is 0. The van der Waals surface area contributed by atoms with Crippen molar-refractivity contribution in [3.05, 3.63) is 46.9 Å². The van der Waals surface area contributed by atoms with Gasteiger partial charge in [0.15, 0.2) is 0 Å². The van der Waals surface area contributed by atoms with E-state index in [4.69, 9.17) is 4.42 Å². The lowest BCUT2D eigenvalue weighted by molar-refractivity contribution is 0.465. The van der Waals surface area contributed by atoms with Crippen LogP contribution >= 0.6 is 0 Å². The average Bonchev–Trinajstić information content (AvgIpc) is 2.76. The van der Waals surface area contributed by atoms with E-state index in [0.717, 1.165) is 18.4 Å². The maximum absolute atomic E-state index is 13.7. The van der Waals surface area contributed by atoms with Gasteiger partial charge in [0, 0.05) is 13.3 Å². The normalized spacial score (nSPS) is 10.8. The topological polar surface area (TPSA) is 38.9 Å². The number of benzene rings is 1. The minimum absolute atomic E-state index is 0.161. The van der Waals surface area contributed by atoms with Crippen LogP contribution in [0.25, 0.3) is 0 Å². The molecule has 0 unspecified atom stereocenters. The Hall–Kier alpha value is -1.71. The summed E-state index contributed by atoms with van der Waals surface area (Å²) in [5.74, 6) is 0.948. The van der Waals surface area contributed by atoms with Crippen LogP contribution < -0.4 is 0 Å². The second-order valence-corrected chi connectivity index (χ2v) is 4.39. The number of aryl methyl sites for hydroxylation is 4. The SMILES string of the molecule is CCCc1ccc(F)c(CCc2nnc(C)o2)c1. The standard InChI is InChI=1S/C14H17FN2O/c1-3-4-11-5-7-13(15)12(9-11)6-8-14-17-16-10(2)18-14/h5,7,9H,3-4,6,8H2,1-2H3.